The van der Waals surface area contributed by atoms with E-state index in [0.29, 0.717) is 23.4 Å². The molecule has 130 valence electrons. The van der Waals surface area contributed by atoms with Crippen LogP contribution in [0.25, 0.3) is 10.9 Å². The van der Waals surface area contributed by atoms with E-state index in [9.17, 15) is 18.0 Å². The number of aryl methyl sites for hydroxylation is 1. The molecule has 2 aromatic heterocycles. The number of hydrogen-bond acceptors (Lipinski definition) is 5. The minimum atomic E-state index is -4.73. The molecule has 0 N–H and O–H groups in total. The monoisotopic (exact) mass is 351 g/mol. The first kappa shape index (κ1) is 16.7. The molecule has 3 rings (SSSR count). The van der Waals surface area contributed by atoms with Gasteiger partial charge in [-0.05, 0) is 30.3 Å². The van der Waals surface area contributed by atoms with E-state index in [2.05, 4.69) is 14.8 Å². The molecular weight excluding hydrogens is 339 g/mol. The molecule has 2 heterocycles. The third kappa shape index (κ3) is 3.87. The highest BCUT2D eigenvalue weighted by atomic mass is 19.4. The van der Waals surface area contributed by atoms with Crippen LogP contribution < -0.4 is 9.47 Å². The Balaban J connectivity index is 1.73. The Labute approximate surface area is 139 Å². The van der Waals surface area contributed by atoms with Crippen LogP contribution in [0.2, 0.25) is 0 Å². The van der Waals surface area contributed by atoms with Gasteiger partial charge in [0.1, 0.15) is 29.5 Å². The molecule has 25 heavy (non-hydrogen) atoms. The fourth-order valence-corrected chi connectivity index (χ4v) is 2.30. The van der Waals surface area contributed by atoms with Gasteiger partial charge in [0.25, 0.3) is 0 Å². The number of benzene rings is 1. The molecule has 1 aromatic carbocycles. The van der Waals surface area contributed by atoms with Crippen molar-refractivity contribution in [3.8, 4) is 11.5 Å². The van der Waals surface area contributed by atoms with Crippen LogP contribution in [0.15, 0.2) is 36.5 Å². The van der Waals surface area contributed by atoms with Gasteiger partial charge in [-0.1, -0.05) is 0 Å². The van der Waals surface area contributed by atoms with Crippen LogP contribution in [0.1, 0.15) is 16.2 Å². The number of ether oxygens (including phenoxy) is 2. The zero-order chi connectivity index (χ0) is 18.0. The van der Waals surface area contributed by atoms with E-state index in [-0.39, 0.29) is 12.4 Å². The van der Waals surface area contributed by atoms with Gasteiger partial charge < -0.3 is 9.47 Å². The van der Waals surface area contributed by atoms with Crippen molar-refractivity contribution >= 4 is 17.2 Å². The van der Waals surface area contributed by atoms with Crippen molar-refractivity contribution in [2.45, 2.75) is 13.0 Å². The van der Waals surface area contributed by atoms with E-state index in [4.69, 9.17) is 4.74 Å². The normalized spacial score (nSPS) is 11.5. The van der Waals surface area contributed by atoms with E-state index < -0.39 is 6.36 Å². The number of fused-ring (bicyclic) bond motifs is 1. The highest BCUT2D eigenvalue weighted by molar-refractivity contribution is 5.86. The van der Waals surface area contributed by atoms with Crippen LogP contribution in [-0.2, 0) is 13.7 Å². The predicted molar refractivity (Wildman–Crippen MR) is 81.4 cm³/mol. The van der Waals surface area contributed by atoms with E-state index in [1.165, 1.54) is 18.3 Å². The maximum atomic E-state index is 12.1. The lowest BCUT2D eigenvalue weighted by atomic mass is 10.2. The van der Waals surface area contributed by atoms with Gasteiger partial charge >= 0.3 is 6.36 Å². The van der Waals surface area contributed by atoms with Crippen molar-refractivity contribution in [1.82, 2.24) is 14.8 Å². The summed E-state index contributed by atoms with van der Waals surface area (Å²) >= 11 is 0. The molecule has 0 bridgehead atoms. The summed E-state index contributed by atoms with van der Waals surface area (Å²) in [7, 11) is 1.73. The van der Waals surface area contributed by atoms with Crippen molar-refractivity contribution in [2.75, 3.05) is 0 Å². The van der Waals surface area contributed by atoms with Gasteiger partial charge in [-0.3, -0.25) is 14.5 Å². The molecule has 0 saturated carbocycles. The molecule has 0 spiro atoms. The topological polar surface area (TPSA) is 66.2 Å². The number of alkyl halides is 3. The molecule has 0 aliphatic heterocycles. The van der Waals surface area contributed by atoms with E-state index in [0.717, 1.165) is 23.0 Å². The number of nitrogens with zero attached hydrogens (tertiary/aromatic N) is 3. The van der Waals surface area contributed by atoms with Crippen molar-refractivity contribution < 1.29 is 27.4 Å². The Hall–Kier alpha value is -3.10. The summed E-state index contributed by atoms with van der Waals surface area (Å²) in [5, 5.41) is 5.04. The Morgan fingerprint density at radius 3 is 2.52 bits per heavy atom. The summed E-state index contributed by atoms with van der Waals surface area (Å²) in [4.78, 5) is 14.8. The molecule has 0 fully saturated rings. The number of carbonyl (C=O) groups excluding carboxylic acids is 1. The van der Waals surface area contributed by atoms with E-state index in [1.807, 2.05) is 0 Å². The molecule has 3 aromatic rings. The smallest absolute Gasteiger partial charge is 0.487 e. The van der Waals surface area contributed by atoms with Gasteiger partial charge in [0.15, 0.2) is 6.29 Å². The van der Waals surface area contributed by atoms with E-state index in [1.54, 1.807) is 17.8 Å². The molecule has 0 amide bonds. The first-order chi connectivity index (χ1) is 11.9. The molecule has 0 atom stereocenters. The fourth-order valence-electron chi connectivity index (χ4n) is 2.30. The molecule has 0 aliphatic rings. The highest BCUT2D eigenvalue weighted by Crippen LogP contribution is 2.25. The highest BCUT2D eigenvalue weighted by Gasteiger charge is 2.30. The van der Waals surface area contributed by atoms with Crippen molar-refractivity contribution in [1.29, 1.82) is 0 Å². The van der Waals surface area contributed by atoms with Crippen LogP contribution in [0.3, 0.4) is 0 Å². The Morgan fingerprint density at radius 1 is 1.20 bits per heavy atom. The Bertz CT molecular complexity index is 905. The van der Waals surface area contributed by atoms with Crippen LogP contribution in [0.4, 0.5) is 13.2 Å². The van der Waals surface area contributed by atoms with Gasteiger partial charge in [0.05, 0.1) is 5.52 Å². The summed E-state index contributed by atoms with van der Waals surface area (Å²) in [5.41, 5.74) is 1.62. The molecule has 0 aliphatic carbocycles. The average molecular weight is 351 g/mol. The summed E-state index contributed by atoms with van der Waals surface area (Å²) < 4.78 is 47.3. The zero-order valence-electron chi connectivity index (χ0n) is 12.9. The lowest BCUT2D eigenvalue weighted by Gasteiger charge is -2.09. The third-order valence-corrected chi connectivity index (χ3v) is 3.39. The lowest BCUT2D eigenvalue weighted by Crippen LogP contribution is -2.16. The van der Waals surface area contributed by atoms with Crippen LogP contribution in [-0.4, -0.2) is 27.4 Å². The molecule has 0 saturated heterocycles. The first-order valence-corrected chi connectivity index (χ1v) is 7.11. The van der Waals surface area contributed by atoms with Crippen molar-refractivity contribution in [3.05, 3.63) is 47.9 Å². The number of rotatable bonds is 5. The Kier molecular flexibility index (Phi) is 4.30. The lowest BCUT2D eigenvalue weighted by molar-refractivity contribution is -0.274. The minimum Gasteiger partial charge on any atom is -0.487 e. The Morgan fingerprint density at radius 2 is 1.88 bits per heavy atom. The van der Waals surface area contributed by atoms with Crippen molar-refractivity contribution in [2.24, 2.45) is 7.05 Å². The number of hydrogen-bond donors (Lipinski definition) is 0. The molecule has 6 nitrogen and oxygen atoms in total. The maximum absolute atomic E-state index is 12.1. The number of halogens is 3. The number of pyridine rings is 1. The summed E-state index contributed by atoms with van der Waals surface area (Å²) in [5.74, 6) is 0.0412. The largest absolute Gasteiger partial charge is 0.573 e. The standard InChI is InChI=1S/C16H12F3N3O3/c1-22-15-6-10(8-23)20-7-13(15)14(21-22)9-24-11-2-4-12(5-3-11)25-16(17,18)19/h2-8H,9H2,1H3. The molecule has 9 heteroatoms. The number of aromatic nitrogens is 3. The predicted octanol–water partition coefficient (Wildman–Crippen LogP) is 3.26. The molecule has 0 radical (unpaired) electrons. The van der Waals surface area contributed by atoms with Crippen LogP contribution in [0, 0.1) is 0 Å². The minimum absolute atomic E-state index is 0.0962. The van der Waals surface area contributed by atoms with Crippen LogP contribution >= 0.6 is 0 Å². The molecular formula is C16H12F3N3O3. The third-order valence-electron chi connectivity index (χ3n) is 3.39. The van der Waals surface area contributed by atoms with Crippen molar-refractivity contribution in [3.63, 3.8) is 0 Å². The van der Waals surface area contributed by atoms with Gasteiger partial charge in [0, 0.05) is 18.6 Å². The molecule has 0 unspecified atom stereocenters. The second-order valence-corrected chi connectivity index (χ2v) is 5.12. The van der Waals surface area contributed by atoms with Crippen LogP contribution in [0.5, 0.6) is 11.5 Å². The summed E-state index contributed by atoms with van der Waals surface area (Å²) in [6, 6.07) is 6.68. The quantitative estimate of drug-likeness (QED) is 0.660. The average Bonchev–Trinajstić information content (AvgIpc) is 2.88. The van der Waals surface area contributed by atoms with Gasteiger partial charge in [0.2, 0.25) is 0 Å². The first-order valence-electron chi connectivity index (χ1n) is 7.11. The number of carbonyl (C=O) groups is 1. The van der Waals surface area contributed by atoms with Gasteiger partial charge in [-0.2, -0.15) is 5.10 Å². The van der Waals surface area contributed by atoms with Gasteiger partial charge in [-0.15, -0.1) is 13.2 Å². The maximum Gasteiger partial charge on any atom is 0.573 e. The second kappa shape index (κ2) is 6.42. The SMILES string of the molecule is Cn1nc(COc2ccc(OC(F)(F)F)cc2)c2cnc(C=O)cc21. The van der Waals surface area contributed by atoms with E-state index >= 15 is 0 Å². The van der Waals surface area contributed by atoms with Gasteiger partial charge in [-0.25, -0.2) is 0 Å². The fraction of sp³-hybridized carbons (Fsp3) is 0.188. The number of aldehydes is 1. The second-order valence-electron chi connectivity index (χ2n) is 5.12. The summed E-state index contributed by atoms with van der Waals surface area (Å²) in [6.45, 7) is 0.0962. The summed E-state index contributed by atoms with van der Waals surface area (Å²) in [6.07, 6.45) is -2.55. The zero-order valence-corrected chi connectivity index (χ0v) is 12.9.